The molecule has 0 spiro atoms. The summed E-state index contributed by atoms with van der Waals surface area (Å²) < 4.78 is 0. The second-order valence-corrected chi connectivity index (χ2v) is 4.36. The van der Waals surface area contributed by atoms with Gasteiger partial charge in [-0.3, -0.25) is 4.79 Å². The summed E-state index contributed by atoms with van der Waals surface area (Å²) in [7, 11) is 0. The van der Waals surface area contributed by atoms with E-state index in [-0.39, 0.29) is 11.7 Å². The van der Waals surface area contributed by atoms with E-state index in [1.807, 2.05) is 12.1 Å². The van der Waals surface area contributed by atoms with Crippen LogP contribution in [0.15, 0.2) is 42.5 Å². The molecule has 0 bridgehead atoms. The average molecular weight is 256 g/mol. The molecule has 4 nitrogen and oxygen atoms in total. The minimum absolute atomic E-state index is 0.117. The molecule has 4 N–H and O–H groups in total. The molecule has 0 aromatic heterocycles. The summed E-state index contributed by atoms with van der Waals surface area (Å²) in [6.45, 7) is 2.25. The summed E-state index contributed by atoms with van der Waals surface area (Å²) in [5.74, 6) is -0.137. The van der Waals surface area contributed by atoms with Crippen molar-refractivity contribution < 1.29 is 9.90 Å². The molecule has 0 radical (unpaired) electrons. The van der Waals surface area contributed by atoms with Gasteiger partial charge in [-0.1, -0.05) is 18.2 Å². The summed E-state index contributed by atoms with van der Waals surface area (Å²) in [6.07, 6.45) is 0. The maximum absolute atomic E-state index is 12.0. The smallest absolute Gasteiger partial charge is 0.255 e. The van der Waals surface area contributed by atoms with Crippen molar-refractivity contribution in [2.75, 3.05) is 5.32 Å². The van der Waals surface area contributed by atoms with Crippen LogP contribution in [0.2, 0.25) is 0 Å². The van der Waals surface area contributed by atoms with Gasteiger partial charge >= 0.3 is 0 Å². The maximum atomic E-state index is 12.0. The number of hydrogen-bond donors (Lipinski definition) is 3. The number of hydrogen-bond acceptors (Lipinski definition) is 3. The first-order valence-corrected chi connectivity index (χ1v) is 6.00. The molecular formula is C15H16N2O2. The van der Waals surface area contributed by atoms with Gasteiger partial charge in [0, 0.05) is 17.8 Å². The Morgan fingerprint density at radius 1 is 1.21 bits per heavy atom. The predicted molar refractivity (Wildman–Crippen MR) is 75.1 cm³/mol. The second kappa shape index (κ2) is 5.54. The molecule has 0 aliphatic heterocycles. The van der Waals surface area contributed by atoms with E-state index in [0.29, 0.717) is 17.8 Å². The molecule has 2 rings (SSSR count). The van der Waals surface area contributed by atoms with Crippen LogP contribution in [-0.4, -0.2) is 11.0 Å². The Balaban J connectivity index is 2.13. The van der Waals surface area contributed by atoms with E-state index in [1.165, 1.54) is 6.07 Å². The highest BCUT2D eigenvalue weighted by atomic mass is 16.3. The molecule has 98 valence electrons. The minimum atomic E-state index is -0.254. The van der Waals surface area contributed by atoms with Gasteiger partial charge in [-0.25, -0.2) is 0 Å². The molecule has 0 saturated heterocycles. The molecule has 0 saturated carbocycles. The number of phenolic OH excluding ortho intramolecular Hbond substituents is 1. The molecule has 19 heavy (non-hydrogen) atoms. The zero-order chi connectivity index (χ0) is 13.8. The lowest BCUT2D eigenvalue weighted by atomic mass is 10.1. The minimum Gasteiger partial charge on any atom is -0.508 e. The van der Waals surface area contributed by atoms with Crippen LogP contribution in [0.4, 0.5) is 5.69 Å². The number of nitrogens with one attached hydrogen (secondary N) is 1. The average Bonchev–Trinajstić information content (AvgIpc) is 2.42. The van der Waals surface area contributed by atoms with Crippen LogP contribution in [0.3, 0.4) is 0 Å². The molecule has 2 aromatic rings. The van der Waals surface area contributed by atoms with Crippen molar-refractivity contribution in [2.24, 2.45) is 5.73 Å². The van der Waals surface area contributed by atoms with E-state index in [4.69, 9.17) is 5.73 Å². The molecule has 0 heterocycles. The Morgan fingerprint density at radius 2 is 1.89 bits per heavy atom. The molecule has 0 atom stereocenters. The lowest BCUT2D eigenvalue weighted by Crippen LogP contribution is -2.11. The van der Waals surface area contributed by atoms with E-state index in [1.54, 1.807) is 31.2 Å². The molecule has 0 fully saturated rings. The predicted octanol–water partition coefficient (Wildman–Crippen LogP) is 2.41. The summed E-state index contributed by atoms with van der Waals surface area (Å²) in [5, 5.41) is 12.4. The summed E-state index contributed by atoms with van der Waals surface area (Å²) in [4.78, 5) is 12.0. The third-order valence-electron chi connectivity index (χ3n) is 2.92. The SMILES string of the molecule is Cc1ccc(C(=O)Nc2ccc(CN)cc2)cc1O. The van der Waals surface area contributed by atoms with E-state index in [0.717, 1.165) is 11.1 Å². The lowest BCUT2D eigenvalue weighted by molar-refractivity contribution is 0.102. The van der Waals surface area contributed by atoms with Gasteiger partial charge in [0.05, 0.1) is 0 Å². The van der Waals surface area contributed by atoms with Crippen molar-refractivity contribution >= 4 is 11.6 Å². The first kappa shape index (κ1) is 13.1. The zero-order valence-electron chi connectivity index (χ0n) is 10.7. The monoisotopic (exact) mass is 256 g/mol. The van der Waals surface area contributed by atoms with Crippen LogP contribution in [0, 0.1) is 6.92 Å². The second-order valence-electron chi connectivity index (χ2n) is 4.36. The van der Waals surface area contributed by atoms with Crippen molar-refractivity contribution in [3.63, 3.8) is 0 Å². The van der Waals surface area contributed by atoms with Gasteiger partial charge in [0.2, 0.25) is 0 Å². The Hall–Kier alpha value is -2.33. The van der Waals surface area contributed by atoms with E-state index >= 15 is 0 Å². The fourth-order valence-corrected chi connectivity index (χ4v) is 1.68. The van der Waals surface area contributed by atoms with Crippen LogP contribution >= 0.6 is 0 Å². The third-order valence-corrected chi connectivity index (χ3v) is 2.92. The van der Waals surface area contributed by atoms with Gasteiger partial charge in [-0.15, -0.1) is 0 Å². The van der Waals surface area contributed by atoms with E-state index in [2.05, 4.69) is 5.32 Å². The fourth-order valence-electron chi connectivity index (χ4n) is 1.68. The number of amides is 1. The van der Waals surface area contributed by atoms with Crippen LogP contribution in [0.25, 0.3) is 0 Å². The van der Waals surface area contributed by atoms with E-state index < -0.39 is 0 Å². The van der Waals surface area contributed by atoms with Crippen molar-refractivity contribution in [1.82, 2.24) is 0 Å². The van der Waals surface area contributed by atoms with Gasteiger partial charge in [0.25, 0.3) is 5.91 Å². The van der Waals surface area contributed by atoms with Gasteiger partial charge in [-0.2, -0.15) is 0 Å². The van der Waals surface area contributed by atoms with Crippen molar-refractivity contribution in [1.29, 1.82) is 0 Å². The molecular weight excluding hydrogens is 240 g/mol. The first-order valence-electron chi connectivity index (χ1n) is 6.00. The first-order chi connectivity index (χ1) is 9.10. The van der Waals surface area contributed by atoms with Gasteiger partial charge < -0.3 is 16.2 Å². The molecule has 1 amide bonds. The number of aryl methyl sites for hydroxylation is 1. The number of aromatic hydroxyl groups is 1. The highest BCUT2D eigenvalue weighted by Crippen LogP contribution is 2.18. The van der Waals surface area contributed by atoms with Crippen LogP contribution in [0.1, 0.15) is 21.5 Å². The largest absolute Gasteiger partial charge is 0.508 e. The quantitative estimate of drug-likeness (QED) is 0.789. The number of rotatable bonds is 3. The number of carbonyl (C=O) groups excluding carboxylic acids is 1. The lowest BCUT2D eigenvalue weighted by Gasteiger charge is -2.07. The topological polar surface area (TPSA) is 75.4 Å². The van der Waals surface area contributed by atoms with Crippen LogP contribution in [-0.2, 0) is 6.54 Å². The number of nitrogens with two attached hydrogens (primary N) is 1. The summed E-state index contributed by atoms with van der Waals surface area (Å²) in [5.41, 5.74) is 8.37. The Kier molecular flexibility index (Phi) is 3.82. The van der Waals surface area contributed by atoms with Crippen LogP contribution in [0.5, 0.6) is 5.75 Å². The van der Waals surface area contributed by atoms with Gasteiger partial charge in [-0.05, 0) is 42.3 Å². The normalized spacial score (nSPS) is 10.2. The number of anilines is 1. The van der Waals surface area contributed by atoms with Crippen molar-refractivity contribution in [3.05, 3.63) is 59.2 Å². The molecule has 4 heteroatoms. The molecule has 0 unspecified atom stereocenters. The summed E-state index contributed by atoms with van der Waals surface area (Å²) >= 11 is 0. The summed E-state index contributed by atoms with van der Waals surface area (Å²) in [6, 6.07) is 12.2. The third kappa shape index (κ3) is 3.11. The molecule has 0 aliphatic rings. The highest BCUT2D eigenvalue weighted by Gasteiger charge is 2.08. The van der Waals surface area contributed by atoms with E-state index in [9.17, 15) is 9.90 Å². The van der Waals surface area contributed by atoms with Crippen LogP contribution < -0.4 is 11.1 Å². The van der Waals surface area contributed by atoms with Gasteiger partial charge in [0.1, 0.15) is 5.75 Å². The Labute approximate surface area is 111 Å². The van der Waals surface area contributed by atoms with Crippen molar-refractivity contribution in [2.45, 2.75) is 13.5 Å². The zero-order valence-corrected chi connectivity index (χ0v) is 10.7. The number of carbonyl (C=O) groups is 1. The molecule has 0 aliphatic carbocycles. The fraction of sp³-hybridized carbons (Fsp3) is 0.133. The number of benzene rings is 2. The van der Waals surface area contributed by atoms with Gasteiger partial charge in [0.15, 0.2) is 0 Å². The van der Waals surface area contributed by atoms with Crippen molar-refractivity contribution in [3.8, 4) is 5.75 Å². The maximum Gasteiger partial charge on any atom is 0.255 e. The standard InChI is InChI=1S/C15H16N2O2/c1-10-2-5-12(8-14(10)18)15(19)17-13-6-3-11(9-16)4-7-13/h2-8,18H,9,16H2,1H3,(H,17,19). The Bertz CT molecular complexity index is 592. The Morgan fingerprint density at radius 3 is 2.47 bits per heavy atom. The molecule has 2 aromatic carbocycles. The highest BCUT2D eigenvalue weighted by molar-refractivity contribution is 6.04. The number of phenols is 1.